The van der Waals surface area contributed by atoms with Gasteiger partial charge in [-0.2, -0.15) is 0 Å². The lowest BCUT2D eigenvalue weighted by Gasteiger charge is -2.39. The number of hydrogen-bond acceptors (Lipinski definition) is 3. The third kappa shape index (κ3) is 5.98. The van der Waals surface area contributed by atoms with E-state index < -0.39 is 5.97 Å². The van der Waals surface area contributed by atoms with Crippen LogP contribution in [0, 0.1) is 11.8 Å². The molecule has 0 unspecified atom stereocenters. The van der Waals surface area contributed by atoms with Crippen LogP contribution in [0.3, 0.4) is 0 Å². The molecule has 0 saturated carbocycles. The van der Waals surface area contributed by atoms with Crippen LogP contribution in [0.2, 0.25) is 0 Å². The number of benzene rings is 2. The van der Waals surface area contributed by atoms with E-state index in [2.05, 4.69) is 22.3 Å². The second-order valence-corrected chi connectivity index (χ2v) is 7.69. The first-order chi connectivity index (χ1) is 14.0. The van der Waals surface area contributed by atoms with Crippen LogP contribution in [0.25, 0.3) is 0 Å². The van der Waals surface area contributed by atoms with E-state index in [9.17, 15) is 14.7 Å². The Hall–Kier alpha value is -3.02. The van der Waals surface area contributed by atoms with E-state index in [0.29, 0.717) is 19.5 Å². The van der Waals surface area contributed by atoms with Gasteiger partial charge in [0.25, 0.3) is 0 Å². The number of carboxylic acids is 1. The molecule has 1 saturated heterocycles. The van der Waals surface area contributed by atoms with E-state index in [1.165, 1.54) is 0 Å². The highest BCUT2D eigenvalue weighted by molar-refractivity contribution is 5.89. The molecule has 2 aromatic carbocycles. The van der Waals surface area contributed by atoms with Crippen LogP contribution >= 0.6 is 0 Å². The van der Waals surface area contributed by atoms with Crippen LogP contribution in [0.15, 0.2) is 60.7 Å². The number of para-hydroxylation sites is 2. The minimum absolute atomic E-state index is 0.0949. The molecule has 1 aliphatic heterocycles. The van der Waals surface area contributed by atoms with Crippen molar-refractivity contribution in [2.75, 3.05) is 36.9 Å². The van der Waals surface area contributed by atoms with Crippen molar-refractivity contribution in [1.82, 2.24) is 4.90 Å². The Morgan fingerprint density at radius 2 is 1.72 bits per heavy atom. The van der Waals surface area contributed by atoms with Crippen LogP contribution in [-0.4, -0.2) is 48.7 Å². The number of likely N-dealkylation sites (tertiary alicyclic amines) is 1. The molecule has 0 bridgehead atoms. The van der Waals surface area contributed by atoms with Crippen LogP contribution in [0.5, 0.6) is 0 Å². The summed E-state index contributed by atoms with van der Waals surface area (Å²) in [6.45, 7) is 1.99. The standard InChI is InChI=1S/C23H29N3O3/c1-25(21-10-6-3-7-11-21)14-12-19-17-26(15-13-18(19)16-22(27)28)23(29)24-20-8-4-2-5-9-20/h2-11,18-19H,12-17H2,1H3,(H,24,29)(H,27,28)/t18-,19+/m0/s1. The number of aliphatic carboxylic acids is 1. The summed E-state index contributed by atoms with van der Waals surface area (Å²) in [6, 6.07) is 19.4. The zero-order valence-corrected chi connectivity index (χ0v) is 16.8. The molecule has 1 heterocycles. The maximum Gasteiger partial charge on any atom is 0.321 e. The molecule has 154 valence electrons. The third-order valence-electron chi connectivity index (χ3n) is 5.67. The summed E-state index contributed by atoms with van der Waals surface area (Å²) < 4.78 is 0. The van der Waals surface area contributed by atoms with Crippen molar-refractivity contribution in [1.29, 1.82) is 0 Å². The van der Waals surface area contributed by atoms with E-state index in [4.69, 9.17) is 0 Å². The number of nitrogens with one attached hydrogen (secondary N) is 1. The topological polar surface area (TPSA) is 72.9 Å². The Morgan fingerprint density at radius 1 is 1.07 bits per heavy atom. The molecule has 2 aromatic rings. The molecular weight excluding hydrogens is 366 g/mol. The smallest absolute Gasteiger partial charge is 0.321 e. The highest BCUT2D eigenvalue weighted by Gasteiger charge is 2.32. The predicted octanol–water partition coefficient (Wildman–Crippen LogP) is 4.16. The average Bonchev–Trinajstić information content (AvgIpc) is 2.73. The summed E-state index contributed by atoms with van der Waals surface area (Å²) in [5.41, 5.74) is 1.90. The summed E-state index contributed by atoms with van der Waals surface area (Å²) in [5.74, 6) is -0.511. The fourth-order valence-electron chi connectivity index (χ4n) is 3.98. The molecule has 1 fully saturated rings. The Kier molecular flexibility index (Phi) is 7.11. The number of carbonyl (C=O) groups excluding carboxylic acids is 1. The first-order valence-electron chi connectivity index (χ1n) is 10.1. The van der Waals surface area contributed by atoms with E-state index in [-0.39, 0.29) is 24.3 Å². The van der Waals surface area contributed by atoms with Crippen molar-refractivity contribution in [3.8, 4) is 0 Å². The van der Waals surface area contributed by atoms with Gasteiger partial charge >= 0.3 is 12.0 Å². The maximum atomic E-state index is 12.7. The van der Waals surface area contributed by atoms with Gasteiger partial charge in [0.05, 0.1) is 0 Å². The Balaban J connectivity index is 1.62. The largest absolute Gasteiger partial charge is 0.481 e. The van der Waals surface area contributed by atoms with Crippen LogP contribution in [0.4, 0.5) is 16.2 Å². The minimum atomic E-state index is -0.765. The predicted molar refractivity (Wildman–Crippen MR) is 115 cm³/mol. The van der Waals surface area contributed by atoms with Gasteiger partial charge in [-0.3, -0.25) is 4.79 Å². The molecule has 0 aliphatic carbocycles. The molecule has 2 amide bonds. The Bertz CT molecular complexity index is 798. The number of hydrogen-bond donors (Lipinski definition) is 2. The molecule has 6 heteroatoms. The van der Waals surface area contributed by atoms with Crippen molar-refractivity contribution in [3.05, 3.63) is 60.7 Å². The lowest BCUT2D eigenvalue weighted by molar-refractivity contribution is -0.139. The van der Waals surface area contributed by atoms with Crippen molar-refractivity contribution >= 4 is 23.4 Å². The fourth-order valence-corrected chi connectivity index (χ4v) is 3.98. The fraction of sp³-hybridized carbons (Fsp3) is 0.391. The van der Waals surface area contributed by atoms with Crippen molar-refractivity contribution < 1.29 is 14.7 Å². The van der Waals surface area contributed by atoms with Crippen molar-refractivity contribution in [2.45, 2.75) is 19.3 Å². The third-order valence-corrected chi connectivity index (χ3v) is 5.67. The highest BCUT2D eigenvalue weighted by atomic mass is 16.4. The number of nitrogens with zero attached hydrogens (tertiary/aromatic N) is 2. The molecular formula is C23H29N3O3. The number of piperidine rings is 1. The highest BCUT2D eigenvalue weighted by Crippen LogP contribution is 2.30. The van der Waals surface area contributed by atoms with Gasteiger partial charge in [-0.05, 0) is 48.9 Å². The average molecular weight is 396 g/mol. The molecule has 0 spiro atoms. The second-order valence-electron chi connectivity index (χ2n) is 7.69. The van der Waals surface area contributed by atoms with Gasteiger partial charge in [-0.1, -0.05) is 36.4 Å². The Labute approximate surface area is 172 Å². The molecule has 3 rings (SSSR count). The van der Waals surface area contributed by atoms with Gasteiger partial charge in [0.15, 0.2) is 0 Å². The van der Waals surface area contributed by atoms with Crippen LogP contribution in [-0.2, 0) is 4.79 Å². The molecule has 29 heavy (non-hydrogen) atoms. The number of anilines is 2. The summed E-state index contributed by atoms with van der Waals surface area (Å²) in [4.78, 5) is 28.0. The van der Waals surface area contributed by atoms with Gasteiger partial charge < -0.3 is 20.2 Å². The van der Waals surface area contributed by atoms with Gasteiger partial charge in [-0.15, -0.1) is 0 Å². The zero-order valence-electron chi connectivity index (χ0n) is 16.8. The zero-order chi connectivity index (χ0) is 20.6. The molecule has 1 aliphatic rings. The molecule has 0 aromatic heterocycles. The number of urea groups is 1. The molecule has 6 nitrogen and oxygen atoms in total. The van der Waals surface area contributed by atoms with E-state index in [1.54, 1.807) is 0 Å². The van der Waals surface area contributed by atoms with Crippen LogP contribution in [0.1, 0.15) is 19.3 Å². The van der Waals surface area contributed by atoms with E-state index in [0.717, 1.165) is 24.3 Å². The minimum Gasteiger partial charge on any atom is -0.481 e. The van der Waals surface area contributed by atoms with Crippen molar-refractivity contribution in [3.63, 3.8) is 0 Å². The van der Waals surface area contributed by atoms with Gasteiger partial charge in [0, 0.05) is 44.5 Å². The number of carbonyl (C=O) groups is 2. The van der Waals surface area contributed by atoms with Gasteiger partial charge in [-0.25, -0.2) is 4.79 Å². The SMILES string of the molecule is CN(CC[C@@H]1CN(C(=O)Nc2ccccc2)CC[C@H]1CC(=O)O)c1ccccc1. The van der Waals surface area contributed by atoms with Crippen molar-refractivity contribution in [2.24, 2.45) is 11.8 Å². The normalized spacial score (nSPS) is 18.9. The maximum absolute atomic E-state index is 12.7. The summed E-state index contributed by atoms with van der Waals surface area (Å²) >= 11 is 0. The number of carboxylic acid groups (broad SMARTS) is 1. The molecule has 2 atom stereocenters. The summed E-state index contributed by atoms with van der Waals surface area (Å²) in [5, 5.41) is 12.2. The first-order valence-corrected chi connectivity index (χ1v) is 10.1. The van der Waals surface area contributed by atoms with Gasteiger partial charge in [0.2, 0.25) is 0 Å². The second kappa shape index (κ2) is 9.96. The van der Waals surface area contributed by atoms with E-state index >= 15 is 0 Å². The number of rotatable bonds is 7. The first kappa shape index (κ1) is 20.7. The Morgan fingerprint density at radius 3 is 2.38 bits per heavy atom. The molecule has 2 N–H and O–H groups in total. The number of amides is 2. The summed E-state index contributed by atoms with van der Waals surface area (Å²) in [7, 11) is 2.05. The molecule has 0 radical (unpaired) electrons. The van der Waals surface area contributed by atoms with E-state index in [1.807, 2.05) is 60.5 Å². The van der Waals surface area contributed by atoms with Gasteiger partial charge in [0.1, 0.15) is 0 Å². The van der Waals surface area contributed by atoms with Crippen LogP contribution < -0.4 is 10.2 Å². The quantitative estimate of drug-likeness (QED) is 0.738. The lowest BCUT2D eigenvalue weighted by atomic mass is 9.81. The summed E-state index contributed by atoms with van der Waals surface area (Å²) in [6.07, 6.45) is 1.72. The lowest BCUT2D eigenvalue weighted by Crippen LogP contribution is -2.46. The monoisotopic (exact) mass is 395 g/mol.